The molecule has 0 spiro atoms. The van der Waals surface area contributed by atoms with Gasteiger partial charge in [0.1, 0.15) is 0 Å². The summed E-state index contributed by atoms with van der Waals surface area (Å²) >= 11 is 0. The predicted octanol–water partition coefficient (Wildman–Crippen LogP) is 3.20. The zero-order valence-electron chi connectivity index (χ0n) is 18.4. The zero-order chi connectivity index (χ0) is 22.1. The van der Waals surface area contributed by atoms with E-state index in [0.29, 0.717) is 36.6 Å². The van der Waals surface area contributed by atoms with Gasteiger partial charge in [-0.2, -0.15) is 4.31 Å². The van der Waals surface area contributed by atoms with Crippen LogP contribution < -0.4 is 4.90 Å². The Labute approximate surface area is 180 Å². The molecule has 0 aromatic heterocycles. The summed E-state index contributed by atoms with van der Waals surface area (Å²) in [6, 6.07) is 14.6. The van der Waals surface area contributed by atoms with E-state index in [1.54, 1.807) is 17.0 Å². The molecule has 1 aliphatic rings. The first-order chi connectivity index (χ1) is 14.0. The fourth-order valence-electron chi connectivity index (χ4n) is 3.49. The normalized spacial score (nSPS) is 15.8. The maximum absolute atomic E-state index is 13.0. The molecular weight excluding hydrogens is 398 g/mol. The van der Waals surface area contributed by atoms with Gasteiger partial charge >= 0.3 is 0 Å². The molecule has 0 bridgehead atoms. The summed E-state index contributed by atoms with van der Waals surface area (Å²) in [5, 5.41) is 0. The molecule has 30 heavy (non-hydrogen) atoms. The van der Waals surface area contributed by atoms with E-state index in [1.165, 1.54) is 4.31 Å². The minimum Gasteiger partial charge on any atom is -0.378 e. The summed E-state index contributed by atoms with van der Waals surface area (Å²) in [6.45, 7) is 7.65. The van der Waals surface area contributed by atoms with Crippen LogP contribution in [-0.2, 0) is 15.4 Å². The van der Waals surface area contributed by atoms with Crippen LogP contribution in [0.25, 0.3) is 0 Å². The van der Waals surface area contributed by atoms with Gasteiger partial charge in [-0.05, 0) is 47.4 Å². The number of amides is 1. The quantitative estimate of drug-likeness (QED) is 0.749. The first-order valence-corrected chi connectivity index (χ1v) is 11.6. The molecule has 0 N–H and O–H groups in total. The second-order valence-electron chi connectivity index (χ2n) is 8.91. The first kappa shape index (κ1) is 22.3. The van der Waals surface area contributed by atoms with Crippen molar-refractivity contribution in [2.24, 2.45) is 0 Å². The zero-order valence-corrected chi connectivity index (χ0v) is 19.2. The van der Waals surface area contributed by atoms with Crippen molar-refractivity contribution in [2.75, 3.05) is 45.2 Å². The van der Waals surface area contributed by atoms with E-state index < -0.39 is 10.0 Å². The number of carbonyl (C=O) groups is 1. The molecule has 7 heteroatoms. The highest BCUT2D eigenvalue weighted by Crippen LogP contribution is 2.25. The largest absolute Gasteiger partial charge is 0.378 e. The van der Waals surface area contributed by atoms with Gasteiger partial charge in [-0.25, -0.2) is 8.42 Å². The lowest BCUT2D eigenvalue weighted by Crippen LogP contribution is -2.50. The van der Waals surface area contributed by atoms with E-state index >= 15 is 0 Å². The van der Waals surface area contributed by atoms with Crippen LogP contribution in [0.3, 0.4) is 0 Å². The SMILES string of the molecule is CN(C)c1ccc(C(=O)N2CCN(S(=O)(=O)c3ccc(C(C)(C)C)cc3)CC2)cc1. The van der Waals surface area contributed by atoms with Crippen molar-refractivity contribution in [1.82, 2.24) is 9.21 Å². The van der Waals surface area contributed by atoms with Crippen molar-refractivity contribution in [3.05, 3.63) is 59.7 Å². The number of benzene rings is 2. The predicted molar refractivity (Wildman–Crippen MR) is 121 cm³/mol. The van der Waals surface area contributed by atoms with Gasteiger partial charge in [-0.1, -0.05) is 32.9 Å². The number of anilines is 1. The van der Waals surface area contributed by atoms with Crippen LogP contribution in [0.15, 0.2) is 53.4 Å². The van der Waals surface area contributed by atoms with Crippen LogP contribution in [0.1, 0.15) is 36.7 Å². The maximum atomic E-state index is 13.0. The monoisotopic (exact) mass is 429 g/mol. The van der Waals surface area contributed by atoms with Crippen LogP contribution in [0.2, 0.25) is 0 Å². The third kappa shape index (κ3) is 4.68. The molecule has 0 radical (unpaired) electrons. The molecule has 1 amide bonds. The van der Waals surface area contributed by atoms with Crippen LogP contribution >= 0.6 is 0 Å². The van der Waals surface area contributed by atoms with E-state index in [2.05, 4.69) is 20.8 Å². The Morgan fingerprint density at radius 2 is 1.40 bits per heavy atom. The molecule has 1 heterocycles. The molecule has 162 valence electrons. The summed E-state index contributed by atoms with van der Waals surface area (Å²) in [7, 11) is 0.340. The van der Waals surface area contributed by atoms with Crippen LogP contribution in [0.5, 0.6) is 0 Å². The topological polar surface area (TPSA) is 60.9 Å². The van der Waals surface area contributed by atoms with E-state index in [1.807, 2.05) is 55.4 Å². The lowest BCUT2D eigenvalue weighted by molar-refractivity contribution is 0.0698. The van der Waals surface area contributed by atoms with Crippen LogP contribution in [0, 0.1) is 0 Å². The summed E-state index contributed by atoms with van der Waals surface area (Å²) in [6.07, 6.45) is 0. The number of carbonyl (C=O) groups excluding carboxylic acids is 1. The molecule has 0 unspecified atom stereocenters. The molecule has 0 aliphatic carbocycles. The standard InChI is InChI=1S/C23H31N3O3S/c1-23(2,3)19-8-12-21(13-9-19)30(28,29)26-16-14-25(15-17-26)22(27)18-6-10-20(11-7-18)24(4)5/h6-13H,14-17H2,1-5H3. The van der Waals surface area contributed by atoms with Crippen molar-refractivity contribution in [3.8, 4) is 0 Å². The lowest BCUT2D eigenvalue weighted by atomic mass is 9.87. The van der Waals surface area contributed by atoms with E-state index in [-0.39, 0.29) is 11.3 Å². The Balaban J connectivity index is 1.66. The number of piperazine rings is 1. The number of hydrogen-bond donors (Lipinski definition) is 0. The average Bonchev–Trinajstić information content (AvgIpc) is 2.73. The highest BCUT2D eigenvalue weighted by molar-refractivity contribution is 7.89. The third-order valence-electron chi connectivity index (χ3n) is 5.51. The van der Waals surface area contributed by atoms with Gasteiger partial charge in [0.25, 0.3) is 5.91 Å². The second kappa shape index (κ2) is 8.40. The van der Waals surface area contributed by atoms with E-state index in [4.69, 9.17) is 0 Å². The van der Waals surface area contributed by atoms with Gasteiger partial charge in [0.15, 0.2) is 0 Å². The van der Waals surface area contributed by atoms with Gasteiger partial charge in [-0.3, -0.25) is 4.79 Å². The molecule has 2 aromatic carbocycles. The Morgan fingerprint density at radius 3 is 1.87 bits per heavy atom. The van der Waals surface area contributed by atoms with Crippen molar-refractivity contribution in [1.29, 1.82) is 0 Å². The highest BCUT2D eigenvalue weighted by Gasteiger charge is 2.30. The molecule has 1 fully saturated rings. The maximum Gasteiger partial charge on any atom is 0.253 e. The van der Waals surface area contributed by atoms with Crippen molar-refractivity contribution >= 4 is 21.6 Å². The van der Waals surface area contributed by atoms with Crippen molar-refractivity contribution in [2.45, 2.75) is 31.1 Å². The number of nitrogens with zero attached hydrogens (tertiary/aromatic N) is 3. The number of rotatable bonds is 4. The Kier molecular flexibility index (Phi) is 6.24. The first-order valence-electron chi connectivity index (χ1n) is 10.2. The molecule has 1 saturated heterocycles. The smallest absolute Gasteiger partial charge is 0.253 e. The minimum absolute atomic E-state index is 0.0287. The fourth-order valence-corrected chi connectivity index (χ4v) is 4.91. The van der Waals surface area contributed by atoms with Gasteiger partial charge in [0.2, 0.25) is 10.0 Å². The van der Waals surface area contributed by atoms with Gasteiger partial charge in [-0.15, -0.1) is 0 Å². The summed E-state index contributed by atoms with van der Waals surface area (Å²) in [4.78, 5) is 16.8. The summed E-state index contributed by atoms with van der Waals surface area (Å²) in [5.74, 6) is -0.0631. The number of hydrogen-bond acceptors (Lipinski definition) is 4. The molecule has 1 aliphatic heterocycles. The van der Waals surface area contributed by atoms with Crippen LogP contribution in [0.4, 0.5) is 5.69 Å². The second-order valence-corrected chi connectivity index (χ2v) is 10.8. The van der Waals surface area contributed by atoms with Gasteiger partial charge in [0.05, 0.1) is 4.90 Å². The molecule has 3 rings (SSSR count). The van der Waals surface area contributed by atoms with Crippen molar-refractivity contribution in [3.63, 3.8) is 0 Å². The van der Waals surface area contributed by atoms with Gasteiger partial charge < -0.3 is 9.80 Å². The third-order valence-corrected chi connectivity index (χ3v) is 7.43. The van der Waals surface area contributed by atoms with E-state index in [0.717, 1.165) is 11.3 Å². The Bertz CT molecular complexity index is 983. The summed E-state index contributed by atoms with van der Waals surface area (Å²) < 4.78 is 27.5. The molecule has 0 saturated carbocycles. The van der Waals surface area contributed by atoms with Crippen molar-refractivity contribution < 1.29 is 13.2 Å². The lowest BCUT2D eigenvalue weighted by Gasteiger charge is -2.34. The Hall–Kier alpha value is -2.38. The average molecular weight is 430 g/mol. The highest BCUT2D eigenvalue weighted by atomic mass is 32.2. The van der Waals surface area contributed by atoms with E-state index in [9.17, 15) is 13.2 Å². The molecule has 6 nitrogen and oxygen atoms in total. The minimum atomic E-state index is -3.56. The van der Waals surface area contributed by atoms with Gasteiger partial charge in [0, 0.05) is 51.5 Å². The molecule has 2 aromatic rings. The summed E-state index contributed by atoms with van der Waals surface area (Å²) in [5.41, 5.74) is 2.71. The fraction of sp³-hybridized carbons (Fsp3) is 0.435. The van der Waals surface area contributed by atoms with Crippen LogP contribution in [-0.4, -0.2) is 63.8 Å². The number of sulfonamides is 1. The molecule has 0 atom stereocenters. The molecular formula is C23H31N3O3S. The Morgan fingerprint density at radius 1 is 0.867 bits per heavy atom.